The molecule has 0 saturated carbocycles. The Morgan fingerprint density at radius 1 is 1.44 bits per heavy atom. The minimum absolute atomic E-state index is 0.00813. The fraction of sp³-hybridized carbons (Fsp3) is 0.400. The number of amides is 1. The van der Waals surface area contributed by atoms with E-state index in [4.69, 9.17) is 10.8 Å². The summed E-state index contributed by atoms with van der Waals surface area (Å²) in [7, 11) is 0. The minimum Gasteiger partial charge on any atom is -0.481 e. The van der Waals surface area contributed by atoms with Crippen LogP contribution in [0.5, 0.6) is 0 Å². The van der Waals surface area contributed by atoms with Gasteiger partial charge >= 0.3 is 5.97 Å². The number of thiophene rings is 1. The van der Waals surface area contributed by atoms with E-state index in [0.717, 1.165) is 10.4 Å². The summed E-state index contributed by atoms with van der Waals surface area (Å²) in [6, 6.07) is 0. The maximum atomic E-state index is 11.2. The van der Waals surface area contributed by atoms with Crippen LogP contribution in [-0.4, -0.2) is 23.5 Å². The van der Waals surface area contributed by atoms with E-state index in [0.29, 0.717) is 10.6 Å². The largest absolute Gasteiger partial charge is 0.481 e. The van der Waals surface area contributed by atoms with E-state index in [1.807, 2.05) is 13.8 Å². The van der Waals surface area contributed by atoms with Crippen LogP contribution >= 0.6 is 11.3 Å². The predicted molar refractivity (Wildman–Crippen MR) is 63.1 cm³/mol. The molecule has 0 unspecified atom stereocenters. The van der Waals surface area contributed by atoms with Crippen LogP contribution in [0.15, 0.2) is 0 Å². The van der Waals surface area contributed by atoms with Crippen molar-refractivity contribution in [1.82, 2.24) is 0 Å². The van der Waals surface area contributed by atoms with E-state index in [-0.39, 0.29) is 13.0 Å². The quantitative estimate of drug-likeness (QED) is 0.726. The second kappa shape index (κ2) is 4.98. The third-order valence-electron chi connectivity index (χ3n) is 2.26. The average Bonchev–Trinajstić information content (AvgIpc) is 2.42. The summed E-state index contributed by atoms with van der Waals surface area (Å²) in [5, 5.41) is 12.1. The second-order valence-electron chi connectivity index (χ2n) is 3.42. The molecule has 6 heteroatoms. The van der Waals surface area contributed by atoms with Gasteiger partial charge in [-0.05, 0) is 19.4 Å². The molecule has 1 aromatic heterocycles. The molecule has 0 bridgehead atoms. The number of nitrogens with two attached hydrogens (primary N) is 1. The number of rotatable bonds is 5. The molecule has 1 rings (SSSR count). The van der Waals surface area contributed by atoms with E-state index >= 15 is 0 Å². The zero-order valence-corrected chi connectivity index (χ0v) is 9.98. The summed E-state index contributed by atoms with van der Waals surface area (Å²) in [6.45, 7) is 4.01. The van der Waals surface area contributed by atoms with Gasteiger partial charge in [0.2, 0.25) is 0 Å². The van der Waals surface area contributed by atoms with E-state index in [2.05, 4.69) is 5.32 Å². The van der Waals surface area contributed by atoms with Gasteiger partial charge in [-0.3, -0.25) is 9.59 Å². The first-order valence-electron chi connectivity index (χ1n) is 4.79. The van der Waals surface area contributed by atoms with Gasteiger partial charge in [-0.15, -0.1) is 11.3 Å². The number of primary amides is 1. The molecule has 0 aliphatic carbocycles. The lowest BCUT2D eigenvalue weighted by molar-refractivity contribution is -0.136. The highest BCUT2D eigenvalue weighted by molar-refractivity contribution is 7.16. The molecule has 1 aromatic rings. The van der Waals surface area contributed by atoms with Crippen LogP contribution in [-0.2, 0) is 4.79 Å². The Morgan fingerprint density at radius 3 is 2.56 bits per heavy atom. The van der Waals surface area contributed by atoms with Crippen molar-refractivity contribution in [3.63, 3.8) is 0 Å². The summed E-state index contributed by atoms with van der Waals surface area (Å²) in [6.07, 6.45) is 0.00813. The number of aliphatic carboxylic acids is 1. The number of carbonyl (C=O) groups excluding carboxylic acids is 1. The number of carboxylic acids is 1. The molecule has 16 heavy (non-hydrogen) atoms. The van der Waals surface area contributed by atoms with Crippen molar-refractivity contribution >= 4 is 28.2 Å². The van der Waals surface area contributed by atoms with Crippen molar-refractivity contribution in [2.24, 2.45) is 5.73 Å². The zero-order chi connectivity index (χ0) is 12.3. The Kier molecular flexibility index (Phi) is 3.89. The third-order valence-corrected chi connectivity index (χ3v) is 3.42. The van der Waals surface area contributed by atoms with E-state index in [1.165, 1.54) is 11.3 Å². The van der Waals surface area contributed by atoms with Crippen LogP contribution in [0.3, 0.4) is 0 Å². The van der Waals surface area contributed by atoms with E-state index in [9.17, 15) is 9.59 Å². The lowest BCUT2D eigenvalue weighted by atomic mass is 10.1. The van der Waals surface area contributed by atoms with Gasteiger partial charge in [0.15, 0.2) is 0 Å². The highest BCUT2D eigenvalue weighted by Gasteiger charge is 2.16. The summed E-state index contributed by atoms with van der Waals surface area (Å²) in [5.41, 5.74) is 6.59. The summed E-state index contributed by atoms with van der Waals surface area (Å²) in [5.74, 6) is -1.36. The smallest absolute Gasteiger partial charge is 0.305 e. The molecule has 0 atom stereocenters. The fourth-order valence-electron chi connectivity index (χ4n) is 1.33. The Labute approximate surface area is 97.3 Å². The molecule has 4 N–H and O–H groups in total. The number of carbonyl (C=O) groups is 2. The summed E-state index contributed by atoms with van der Waals surface area (Å²) in [4.78, 5) is 22.6. The molecule has 0 fully saturated rings. The van der Waals surface area contributed by atoms with Gasteiger partial charge in [0.1, 0.15) is 5.00 Å². The molecule has 88 valence electrons. The molecule has 0 aliphatic rings. The van der Waals surface area contributed by atoms with Gasteiger partial charge in [0.05, 0.1) is 12.0 Å². The number of nitrogens with one attached hydrogen (secondary N) is 1. The average molecular weight is 242 g/mol. The first kappa shape index (κ1) is 12.5. The molecule has 0 aliphatic heterocycles. The summed E-state index contributed by atoms with van der Waals surface area (Å²) >= 11 is 1.42. The van der Waals surface area contributed by atoms with Gasteiger partial charge in [0.25, 0.3) is 5.91 Å². The van der Waals surface area contributed by atoms with Gasteiger partial charge in [-0.2, -0.15) is 0 Å². The van der Waals surface area contributed by atoms with Gasteiger partial charge in [-0.25, -0.2) is 0 Å². The Hall–Kier alpha value is -1.56. The van der Waals surface area contributed by atoms with Crippen LogP contribution in [0.2, 0.25) is 0 Å². The first-order valence-corrected chi connectivity index (χ1v) is 5.60. The lowest BCUT2D eigenvalue weighted by Crippen LogP contribution is -2.15. The van der Waals surface area contributed by atoms with E-state index < -0.39 is 11.9 Å². The molecule has 1 heterocycles. The van der Waals surface area contributed by atoms with Crippen LogP contribution in [0.4, 0.5) is 5.00 Å². The number of carboxylic acid groups (broad SMARTS) is 1. The van der Waals surface area contributed by atoms with Crippen molar-refractivity contribution < 1.29 is 14.7 Å². The first-order chi connectivity index (χ1) is 7.43. The molecule has 0 spiro atoms. The van der Waals surface area contributed by atoms with Crippen LogP contribution in [0, 0.1) is 13.8 Å². The minimum atomic E-state index is -0.877. The predicted octanol–water partition coefficient (Wildman–Crippen LogP) is 1.35. The van der Waals surface area contributed by atoms with E-state index in [1.54, 1.807) is 0 Å². The zero-order valence-electron chi connectivity index (χ0n) is 9.16. The Balaban J connectivity index is 2.83. The standard InChI is InChI=1S/C10H14N2O3S/c1-5-6(2)16-10(8(5)9(11)15)12-4-3-7(13)14/h12H,3-4H2,1-2H3,(H2,11,15)(H,13,14). The van der Waals surface area contributed by atoms with Crippen molar-refractivity contribution in [3.05, 3.63) is 16.0 Å². The number of hydrogen-bond acceptors (Lipinski definition) is 4. The maximum absolute atomic E-state index is 11.2. The van der Waals surface area contributed by atoms with Crippen LogP contribution in [0.1, 0.15) is 27.2 Å². The molecule has 5 nitrogen and oxygen atoms in total. The second-order valence-corrected chi connectivity index (χ2v) is 4.65. The molecular weight excluding hydrogens is 228 g/mol. The SMILES string of the molecule is Cc1sc(NCCC(=O)O)c(C(N)=O)c1C. The van der Waals surface area contributed by atoms with Gasteiger partial charge in [-0.1, -0.05) is 0 Å². The van der Waals surface area contributed by atoms with Gasteiger partial charge in [0, 0.05) is 11.4 Å². The van der Waals surface area contributed by atoms with Crippen LogP contribution in [0.25, 0.3) is 0 Å². The normalized spacial score (nSPS) is 10.1. The van der Waals surface area contributed by atoms with Crippen molar-refractivity contribution in [2.45, 2.75) is 20.3 Å². The Morgan fingerprint density at radius 2 is 2.06 bits per heavy atom. The molecule has 0 aromatic carbocycles. The maximum Gasteiger partial charge on any atom is 0.305 e. The highest BCUT2D eigenvalue weighted by atomic mass is 32.1. The molecule has 0 radical (unpaired) electrons. The van der Waals surface area contributed by atoms with Crippen molar-refractivity contribution in [2.75, 3.05) is 11.9 Å². The number of aryl methyl sites for hydroxylation is 1. The number of anilines is 1. The summed E-state index contributed by atoms with van der Waals surface area (Å²) < 4.78 is 0. The monoisotopic (exact) mass is 242 g/mol. The molecule has 1 amide bonds. The highest BCUT2D eigenvalue weighted by Crippen LogP contribution is 2.31. The van der Waals surface area contributed by atoms with Crippen molar-refractivity contribution in [3.8, 4) is 0 Å². The lowest BCUT2D eigenvalue weighted by Gasteiger charge is -2.03. The Bertz CT molecular complexity index is 426. The molecule has 0 saturated heterocycles. The topological polar surface area (TPSA) is 92.4 Å². The van der Waals surface area contributed by atoms with Gasteiger partial charge < -0.3 is 16.2 Å². The number of hydrogen-bond donors (Lipinski definition) is 3. The third kappa shape index (κ3) is 2.73. The van der Waals surface area contributed by atoms with Crippen molar-refractivity contribution in [1.29, 1.82) is 0 Å². The van der Waals surface area contributed by atoms with Crippen LogP contribution < -0.4 is 11.1 Å². The molecular formula is C10H14N2O3S. The fourth-order valence-corrected chi connectivity index (χ4v) is 2.42.